The van der Waals surface area contributed by atoms with Crippen LogP contribution in [-0.4, -0.2) is 16.8 Å². The molecule has 0 bridgehead atoms. The minimum Gasteiger partial charge on any atom is -0.491 e. The smallest absolute Gasteiger partial charge is 0.155 e. The summed E-state index contributed by atoms with van der Waals surface area (Å²) in [5.41, 5.74) is 0.796. The molecule has 0 unspecified atom stereocenters. The molecule has 1 saturated carbocycles. The molecule has 70 valence electrons. The number of hydrogen-bond acceptors (Lipinski definition) is 3. The Morgan fingerprint density at radius 2 is 2.31 bits per heavy atom. The van der Waals surface area contributed by atoms with E-state index in [1.165, 1.54) is 12.8 Å². The predicted octanol–water partition coefficient (Wildman–Crippen LogP) is 2.23. The highest BCUT2D eigenvalue weighted by Gasteiger charge is 2.22. The van der Waals surface area contributed by atoms with Crippen LogP contribution in [0.4, 0.5) is 0 Å². The molecule has 1 heterocycles. The lowest BCUT2D eigenvalue weighted by Crippen LogP contribution is -2.02. The Bertz CT molecular complexity index is 312. The largest absolute Gasteiger partial charge is 0.491 e. The second-order valence-corrected chi connectivity index (χ2v) is 3.76. The summed E-state index contributed by atoms with van der Waals surface area (Å²) in [5.74, 6) is 1.50. The van der Waals surface area contributed by atoms with Crippen molar-refractivity contribution in [3.63, 3.8) is 0 Å². The van der Waals surface area contributed by atoms with Crippen LogP contribution in [0.15, 0.2) is 6.07 Å². The van der Waals surface area contributed by atoms with Gasteiger partial charge in [0, 0.05) is 6.07 Å². The van der Waals surface area contributed by atoms with E-state index in [1.807, 2.05) is 6.92 Å². The molecule has 1 fully saturated rings. The van der Waals surface area contributed by atoms with Crippen molar-refractivity contribution in [2.75, 3.05) is 6.61 Å². The summed E-state index contributed by atoms with van der Waals surface area (Å²) in [6.45, 7) is 2.65. The van der Waals surface area contributed by atoms with Crippen molar-refractivity contribution in [2.24, 2.45) is 5.92 Å². The number of aryl methyl sites for hydroxylation is 1. The Kier molecular flexibility index (Phi) is 2.36. The summed E-state index contributed by atoms with van der Waals surface area (Å²) in [7, 11) is 0. The third-order valence-electron chi connectivity index (χ3n) is 2.07. The molecule has 1 aromatic rings. The molecule has 3 nitrogen and oxygen atoms in total. The van der Waals surface area contributed by atoms with Crippen LogP contribution in [0.1, 0.15) is 18.5 Å². The Labute approximate surface area is 82.1 Å². The molecular formula is C9H11ClN2O. The summed E-state index contributed by atoms with van der Waals surface area (Å²) in [6.07, 6.45) is 2.57. The third kappa shape index (κ3) is 2.31. The van der Waals surface area contributed by atoms with E-state index in [0.717, 1.165) is 24.0 Å². The van der Waals surface area contributed by atoms with Crippen molar-refractivity contribution >= 4 is 11.6 Å². The minimum atomic E-state index is 0.386. The van der Waals surface area contributed by atoms with Crippen molar-refractivity contribution < 1.29 is 4.74 Å². The molecule has 0 radical (unpaired) electrons. The Hall–Kier alpha value is -0.830. The van der Waals surface area contributed by atoms with E-state index in [2.05, 4.69) is 10.2 Å². The monoisotopic (exact) mass is 198 g/mol. The van der Waals surface area contributed by atoms with E-state index >= 15 is 0 Å². The Morgan fingerprint density at radius 3 is 3.00 bits per heavy atom. The maximum atomic E-state index is 5.69. The van der Waals surface area contributed by atoms with Gasteiger partial charge in [-0.25, -0.2) is 0 Å². The van der Waals surface area contributed by atoms with Gasteiger partial charge in [0.2, 0.25) is 0 Å². The maximum absolute atomic E-state index is 5.69. The molecule has 1 aliphatic rings. The van der Waals surface area contributed by atoms with Gasteiger partial charge in [-0.05, 0) is 25.7 Å². The molecule has 0 aliphatic heterocycles. The standard InChI is InChI=1S/C9H11ClN2O/c1-6-8(4-9(10)12-11-6)13-5-7-2-3-7/h4,7H,2-3,5H2,1H3. The fourth-order valence-corrected chi connectivity index (χ4v) is 1.19. The van der Waals surface area contributed by atoms with E-state index in [9.17, 15) is 0 Å². The van der Waals surface area contributed by atoms with Gasteiger partial charge in [0.25, 0.3) is 0 Å². The van der Waals surface area contributed by atoms with E-state index in [-0.39, 0.29) is 0 Å². The Morgan fingerprint density at radius 1 is 1.54 bits per heavy atom. The maximum Gasteiger partial charge on any atom is 0.155 e. The van der Waals surface area contributed by atoms with Crippen LogP contribution in [-0.2, 0) is 0 Å². The number of ether oxygens (including phenoxy) is 1. The summed E-state index contributed by atoms with van der Waals surface area (Å²) in [6, 6.07) is 1.71. The lowest BCUT2D eigenvalue weighted by molar-refractivity contribution is 0.295. The molecule has 2 rings (SSSR count). The topological polar surface area (TPSA) is 35.0 Å². The highest BCUT2D eigenvalue weighted by molar-refractivity contribution is 6.29. The van der Waals surface area contributed by atoms with Crippen LogP contribution >= 0.6 is 11.6 Å². The summed E-state index contributed by atoms with van der Waals surface area (Å²) >= 11 is 5.69. The third-order valence-corrected chi connectivity index (χ3v) is 2.26. The average Bonchev–Trinajstić information content (AvgIpc) is 2.90. The van der Waals surface area contributed by atoms with Crippen molar-refractivity contribution in [3.8, 4) is 5.75 Å². The second-order valence-electron chi connectivity index (χ2n) is 3.37. The zero-order valence-electron chi connectivity index (χ0n) is 7.46. The summed E-state index contributed by atoms with van der Waals surface area (Å²) < 4.78 is 5.55. The number of aromatic nitrogens is 2. The summed E-state index contributed by atoms with van der Waals surface area (Å²) in [4.78, 5) is 0. The first-order chi connectivity index (χ1) is 6.25. The molecule has 0 N–H and O–H groups in total. The van der Waals surface area contributed by atoms with Crippen LogP contribution in [0, 0.1) is 12.8 Å². The van der Waals surface area contributed by atoms with Gasteiger partial charge < -0.3 is 4.74 Å². The highest BCUT2D eigenvalue weighted by atomic mass is 35.5. The van der Waals surface area contributed by atoms with Gasteiger partial charge in [0.1, 0.15) is 11.4 Å². The molecule has 0 spiro atoms. The first-order valence-corrected chi connectivity index (χ1v) is 4.76. The fraction of sp³-hybridized carbons (Fsp3) is 0.556. The van der Waals surface area contributed by atoms with Crippen molar-refractivity contribution in [2.45, 2.75) is 19.8 Å². The number of halogens is 1. The van der Waals surface area contributed by atoms with Crippen LogP contribution in [0.25, 0.3) is 0 Å². The van der Waals surface area contributed by atoms with Gasteiger partial charge in [-0.3, -0.25) is 0 Å². The lowest BCUT2D eigenvalue weighted by Gasteiger charge is -2.06. The summed E-state index contributed by atoms with van der Waals surface area (Å²) in [5, 5.41) is 7.97. The van der Waals surface area contributed by atoms with Crippen molar-refractivity contribution in [1.29, 1.82) is 0 Å². The molecule has 1 aliphatic carbocycles. The highest BCUT2D eigenvalue weighted by Crippen LogP contribution is 2.30. The zero-order chi connectivity index (χ0) is 9.26. The van der Waals surface area contributed by atoms with Gasteiger partial charge in [-0.2, -0.15) is 5.10 Å². The zero-order valence-corrected chi connectivity index (χ0v) is 8.21. The van der Waals surface area contributed by atoms with Crippen LogP contribution in [0.3, 0.4) is 0 Å². The van der Waals surface area contributed by atoms with Gasteiger partial charge in [-0.1, -0.05) is 11.6 Å². The van der Waals surface area contributed by atoms with Crippen LogP contribution < -0.4 is 4.74 Å². The molecule has 0 amide bonds. The van der Waals surface area contributed by atoms with E-state index in [1.54, 1.807) is 6.07 Å². The molecule has 4 heteroatoms. The minimum absolute atomic E-state index is 0.386. The van der Waals surface area contributed by atoms with Gasteiger partial charge >= 0.3 is 0 Å². The Balaban J connectivity index is 2.03. The van der Waals surface area contributed by atoms with Crippen LogP contribution in [0.2, 0.25) is 5.15 Å². The molecule has 0 saturated heterocycles. The van der Waals surface area contributed by atoms with Crippen molar-refractivity contribution in [3.05, 3.63) is 16.9 Å². The van der Waals surface area contributed by atoms with Gasteiger partial charge in [0.15, 0.2) is 5.15 Å². The lowest BCUT2D eigenvalue weighted by atomic mass is 10.4. The normalized spacial score (nSPS) is 15.8. The number of hydrogen-bond donors (Lipinski definition) is 0. The van der Waals surface area contributed by atoms with Gasteiger partial charge in [0.05, 0.1) is 6.61 Å². The molecule has 1 aromatic heterocycles. The van der Waals surface area contributed by atoms with E-state index < -0.39 is 0 Å². The fourth-order valence-electron chi connectivity index (χ4n) is 1.05. The van der Waals surface area contributed by atoms with Crippen LogP contribution in [0.5, 0.6) is 5.75 Å². The molecule has 0 aromatic carbocycles. The van der Waals surface area contributed by atoms with E-state index in [4.69, 9.17) is 16.3 Å². The average molecular weight is 199 g/mol. The first kappa shape index (κ1) is 8.75. The van der Waals surface area contributed by atoms with Gasteiger partial charge in [-0.15, -0.1) is 5.10 Å². The SMILES string of the molecule is Cc1nnc(Cl)cc1OCC1CC1. The molecule has 0 atom stereocenters. The molecular weight excluding hydrogens is 188 g/mol. The van der Waals surface area contributed by atoms with E-state index in [0.29, 0.717) is 5.15 Å². The van der Waals surface area contributed by atoms with Crippen molar-refractivity contribution in [1.82, 2.24) is 10.2 Å². The molecule has 13 heavy (non-hydrogen) atoms. The quantitative estimate of drug-likeness (QED) is 0.747. The number of rotatable bonds is 3. The first-order valence-electron chi connectivity index (χ1n) is 4.38. The number of nitrogens with zero attached hydrogens (tertiary/aromatic N) is 2. The second kappa shape index (κ2) is 3.50. The predicted molar refractivity (Wildman–Crippen MR) is 50.0 cm³/mol.